The van der Waals surface area contributed by atoms with Crippen LogP contribution in [0.3, 0.4) is 0 Å². The summed E-state index contributed by atoms with van der Waals surface area (Å²) in [5, 5.41) is 3.42. The van der Waals surface area contributed by atoms with E-state index in [1.807, 2.05) is 0 Å². The first-order chi connectivity index (χ1) is 7.24. The first kappa shape index (κ1) is 10.7. The van der Waals surface area contributed by atoms with Crippen molar-refractivity contribution in [3.05, 3.63) is 35.4 Å². The Morgan fingerprint density at radius 2 is 1.80 bits per heavy atom. The Hall–Kier alpha value is -0.820. The molecule has 1 aromatic carbocycles. The summed E-state index contributed by atoms with van der Waals surface area (Å²) in [5.41, 5.74) is 3.09. The van der Waals surface area contributed by atoms with Crippen molar-refractivity contribution in [2.24, 2.45) is 5.92 Å². The van der Waals surface area contributed by atoms with Crippen LogP contribution >= 0.6 is 0 Å². The Kier molecular flexibility index (Phi) is 3.11. The summed E-state index contributed by atoms with van der Waals surface area (Å²) in [6, 6.07) is 9.49. The Morgan fingerprint density at radius 1 is 1.13 bits per heavy atom. The predicted molar refractivity (Wildman–Crippen MR) is 65.1 cm³/mol. The van der Waals surface area contributed by atoms with E-state index in [0.717, 1.165) is 11.8 Å². The maximum Gasteiger partial charge on any atom is 0.0320 e. The lowest BCUT2D eigenvalue weighted by Crippen LogP contribution is -2.25. The van der Waals surface area contributed by atoms with Gasteiger partial charge in [0.15, 0.2) is 0 Å². The molecule has 0 amide bonds. The second kappa shape index (κ2) is 4.36. The maximum absolute atomic E-state index is 3.42. The van der Waals surface area contributed by atoms with Crippen molar-refractivity contribution in [3.8, 4) is 0 Å². The first-order valence-electron chi connectivity index (χ1n) is 6.00. The van der Waals surface area contributed by atoms with Crippen LogP contribution in [0.4, 0.5) is 0 Å². The number of hydrogen-bond acceptors (Lipinski definition) is 1. The van der Waals surface area contributed by atoms with Crippen molar-refractivity contribution in [1.29, 1.82) is 0 Å². The van der Waals surface area contributed by atoms with E-state index in [9.17, 15) is 0 Å². The van der Waals surface area contributed by atoms with Crippen LogP contribution in [-0.4, -0.2) is 7.05 Å². The van der Waals surface area contributed by atoms with Gasteiger partial charge in [0.1, 0.15) is 0 Å². The summed E-state index contributed by atoms with van der Waals surface area (Å²) < 4.78 is 0. The zero-order valence-electron chi connectivity index (χ0n) is 9.96. The third-order valence-corrected chi connectivity index (χ3v) is 3.69. The van der Waals surface area contributed by atoms with Crippen LogP contribution < -0.4 is 5.32 Å². The van der Waals surface area contributed by atoms with Gasteiger partial charge in [-0.05, 0) is 42.9 Å². The Balaban J connectivity index is 2.39. The Bertz CT molecular complexity index is 330. The zero-order valence-corrected chi connectivity index (χ0v) is 9.96. The van der Waals surface area contributed by atoms with Gasteiger partial charge in [-0.15, -0.1) is 0 Å². The molecule has 0 fully saturated rings. The molecule has 1 nitrogen and oxygen atoms in total. The largest absolute Gasteiger partial charge is 0.313 e. The standard InChI is InChI=1S/C14H21N/c1-10(2)11-8-9-14(15-3)13-7-5-4-6-12(11)13/h4-7,10-11,14-15H,8-9H2,1-3H3. The van der Waals surface area contributed by atoms with Crippen LogP contribution in [-0.2, 0) is 0 Å². The molecule has 15 heavy (non-hydrogen) atoms. The van der Waals surface area contributed by atoms with E-state index in [2.05, 4.69) is 50.5 Å². The quantitative estimate of drug-likeness (QED) is 0.776. The number of fused-ring (bicyclic) bond motifs is 1. The predicted octanol–water partition coefficient (Wildman–Crippen LogP) is 3.48. The summed E-state index contributed by atoms with van der Waals surface area (Å²) in [5.74, 6) is 1.51. The fourth-order valence-corrected chi connectivity index (χ4v) is 2.82. The molecular formula is C14H21N. The van der Waals surface area contributed by atoms with E-state index in [1.54, 1.807) is 5.56 Å². The van der Waals surface area contributed by atoms with Crippen molar-refractivity contribution in [2.45, 2.75) is 38.6 Å². The second-order valence-corrected chi connectivity index (χ2v) is 4.90. The molecule has 0 radical (unpaired) electrons. The molecule has 0 spiro atoms. The number of hydrogen-bond donors (Lipinski definition) is 1. The molecule has 1 aliphatic rings. The third kappa shape index (κ3) is 1.93. The van der Waals surface area contributed by atoms with Crippen molar-refractivity contribution in [2.75, 3.05) is 7.05 Å². The van der Waals surface area contributed by atoms with Crippen LogP contribution in [0.25, 0.3) is 0 Å². The highest BCUT2D eigenvalue weighted by Crippen LogP contribution is 2.40. The van der Waals surface area contributed by atoms with Gasteiger partial charge in [-0.2, -0.15) is 0 Å². The van der Waals surface area contributed by atoms with Crippen molar-refractivity contribution >= 4 is 0 Å². The molecule has 82 valence electrons. The number of nitrogens with one attached hydrogen (secondary N) is 1. The highest BCUT2D eigenvalue weighted by Gasteiger charge is 2.27. The second-order valence-electron chi connectivity index (χ2n) is 4.90. The van der Waals surface area contributed by atoms with Crippen LogP contribution in [0.1, 0.15) is 49.8 Å². The van der Waals surface area contributed by atoms with Crippen molar-refractivity contribution in [3.63, 3.8) is 0 Å². The van der Waals surface area contributed by atoms with E-state index in [4.69, 9.17) is 0 Å². The minimum absolute atomic E-state index is 0.566. The van der Waals surface area contributed by atoms with Gasteiger partial charge in [0.25, 0.3) is 0 Å². The molecule has 1 heteroatoms. The van der Waals surface area contributed by atoms with Gasteiger partial charge in [-0.25, -0.2) is 0 Å². The molecule has 2 atom stereocenters. The third-order valence-electron chi connectivity index (χ3n) is 3.69. The summed E-state index contributed by atoms with van der Waals surface area (Å²) >= 11 is 0. The van der Waals surface area contributed by atoms with E-state index in [-0.39, 0.29) is 0 Å². The summed E-state index contributed by atoms with van der Waals surface area (Å²) in [6.45, 7) is 4.67. The first-order valence-corrected chi connectivity index (χ1v) is 6.00. The summed E-state index contributed by atoms with van der Waals surface area (Å²) in [7, 11) is 2.07. The molecule has 0 aromatic heterocycles. The van der Waals surface area contributed by atoms with Crippen molar-refractivity contribution in [1.82, 2.24) is 5.32 Å². The Labute approximate surface area is 92.9 Å². The van der Waals surface area contributed by atoms with E-state index in [1.165, 1.54) is 18.4 Å². The molecule has 1 aliphatic carbocycles. The molecule has 0 saturated carbocycles. The van der Waals surface area contributed by atoms with Gasteiger partial charge in [0.05, 0.1) is 0 Å². The fourth-order valence-electron chi connectivity index (χ4n) is 2.82. The summed E-state index contributed by atoms with van der Waals surface area (Å²) in [6.07, 6.45) is 2.59. The molecular weight excluding hydrogens is 182 g/mol. The SMILES string of the molecule is CNC1CCC(C(C)C)c2ccccc21. The normalized spacial score (nSPS) is 25.3. The minimum atomic E-state index is 0.566. The average molecular weight is 203 g/mol. The lowest BCUT2D eigenvalue weighted by atomic mass is 9.75. The van der Waals surface area contributed by atoms with Crippen LogP contribution in [0.5, 0.6) is 0 Å². The van der Waals surface area contributed by atoms with Gasteiger partial charge in [0.2, 0.25) is 0 Å². The van der Waals surface area contributed by atoms with Crippen LogP contribution in [0.2, 0.25) is 0 Å². The van der Waals surface area contributed by atoms with E-state index in [0.29, 0.717) is 6.04 Å². The number of benzene rings is 1. The molecule has 2 rings (SSSR count). The van der Waals surface area contributed by atoms with Gasteiger partial charge < -0.3 is 5.32 Å². The smallest absolute Gasteiger partial charge is 0.0320 e. The number of rotatable bonds is 2. The zero-order chi connectivity index (χ0) is 10.8. The average Bonchev–Trinajstić information content (AvgIpc) is 2.27. The molecule has 0 heterocycles. The van der Waals surface area contributed by atoms with E-state index < -0.39 is 0 Å². The molecule has 1 N–H and O–H groups in total. The van der Waals surface area contributed by atoms with Crippen LogP contribution in [0, 0.1) is 5.92 Å². The lowest BCUT2D eigenvalue weighted by molar-refractivity contribution is 0.382. The maximum atomic E-state index is 3.42. The Morgan fingerprint density at radius 3 is 2.40 bits per heavy atom. The highest BCUT2D eigenvalue weighted by atomic mass is 14.9. The lowest BCUT2D eigenvalue weighted by Gasteiger charge is -2.33. The molecule has 0 aliphatic heterocycles. The van der Waals surface area contributed by atoms with Gasteiger partial charge in [-0.3, -0.25) is 0 Å². The molecule has 1 aromatic rings. The van der Waals surface area contributed by atoms with Gasteiger partial charge in [0, 0.05) is 6.04 Å². The van der Waals surface area contributed by atoms with Crippen LogP contribution in [0.15, 0.2) is 24.3 Å². The molecule has 0 saturated heterocycles. The van der Waals surface area contributed by atoms with Gasteiger partial charge in [-0.1, -0.05) is 38.1 Å². The van der Waals surface area contributed by atoms with Crippen molar-refractivity contribution < 1.29 is 0 Å². The van der Waals surface area contributed by atoms with E-state index >= 15 is 0 Å². The molecule has 2 unspecified atom stereocenters. The van der Waals surface area contributed by atoms with Gasteiger partial charge >= 0.3 is 0 Å². The topological polar surface area (TPSA) is 12.0 Å². The fraction of sp³-hybridized carbons (Fsp3) is 0.571. The molecule has 0 bridgehead atoms. The minimum Gasteiger partial charge on any atom is -0.313 e. The monoisotopic (exact) mass is 203 g/mol. The summed E-state index contributed by atoms with van der Waals surface area (Å²) in [4.78, 5) is 0. The highest BCUT2D eigenvalue weighted by molar-refractivity contribution is 5.35.